The molecule has 2 rings (SSSR count). The van der Waals surface area contributed by atoms with Crippen LogP contribution in [0.25, 0.3) is 0 Å². The Hall–Kier alpha value is -0.730. The molecule has 1 saturated heterocycles. The zero-order valence-electron chi connectivity index (χ0n) is 9.09. The molecule has 0 saturated carbocycles. The predicted molar refractivity (Wildman–Crippen MR) is 62.5 cm³/mol. The molecule has 0 aliphatic carbocycles. The number of benzene rings is 1. The van der Waals surface area contributed by atoms with Crippen LogP contribution in [0.5, 0.6) is 5.75 Å². The molecule has 1 fully saturated rings. The molecule has 2 unspecified atom stereocenters. The van der Waals surface area contributed by atoms with Crippen LogP contribution in [0, 0.1) is 5.92 Å². The van der Waals surface area contributed by atoms with Gasteiger partial charge in [-0.25, -0.2) is 0 Å². The van der Waals surface area contributed by atoms with Gasteiger partial charge < -0.3 is 10.1 Å². The van der Waals surface area contributed by atoms with Crippen LogP contribution in [0.3, 0.4) is 0 Å². The van der Waals surface area contributed by atoms with Crippen LogP contribution in [0.1, 0.15) is 24.9 Å². The second-order valence-electron chi connectivity index (χ2n) is 4.19. The number of nitrogens with one attached hydrogen (secondary N) is 1. The minimum atomic E-state index is 0.401. The van der Waals surface area contributed by atoms with Gasteiger partial charge >= 0.3 is 0 Å². The van der Waals surface area contributed by atoms with Crippen molar-refractivity contribution in [3.63, 3.8) is 0 Å². The lowest BCUT2D eigenvalue weighted by atomic mass is 10.0. The largest absolute Gasteiger partial charge is 0.497 e. The maximum absolute atomic E-state index is 6.22. The summed E-state index contributed by atoms with van der Waals surface area (Å²) in [7, 11) is 1.65. The minimum absolute atomic E-state index is 0.401. The van der Waals surface area contributed by atoms with Crippen molar-refractivity contribution in [2.45, 2.75) is 19.4 Å². The summed E-state index contributed by atoms with van der Waals surface area (Å²) >= 11 is 6.22. The lowest BCUT2D eigenvalue weighted by molar-refractivity contribution is 0.414. The number of halogens is 1. The third kappa shape index (κ3) is 2.27. The van der Waals surface area contributed by atoms with E-state index < -0.39 is 0 Å². The fourth-order valence-electron chi connectivity index (χ4n) is 2.07. The summed E-state index contributed by atoms with van der Waals surface area (Å²) in [6, 6.07) is 6.29. The van der Waals surface area contributed by atoms with Gasteiger partial charge in [-0.1, -0.05) is 24.6 Å². The lowest BCUT2D eigenvalue weighted by Crippen LogP contribution is -2.13. The van der Waals surface area contributed by atoms with Gasteiger partial charge in [-0.2, -0.15) is 0 Å². The Kier molecular flexibility index (Phi) is 3.17. The summed E-state index contributed by atoms with van der Waals surface area (Å²) in [5.41, 5.74) is 1.18. The second kappa shape index (κ2) is 4.42. The SMILES string of the molecule is COc1ccc(C2CC(C)CN2)c(Cl)c1. The normalized spacial score (nSPS) is 25.5. The summed E-state index contributed by atoms with van der Waals surface area (Å²) in [6.07, 6.45) is 1.16. The summed E-state index contributed by atoms with van der Waals surface area (Å²) in [4.78, 5) is 0. The van der Waals surface area contributed by atoms with E-state index in [0.717, 1.165) is 29.7 Å². The van der Waals surface area contributed by atoms with Gasteiger partial charge in [-0.05, 0) is 36.6 Å². The van der Waals surface area contributed by atoms with E-state index >= 15 is 0 Å². The molecule has 0 bridgehead atoms. The lowest BCUT2D eigenvalue weighted by Gasteiger charge is -2.13. The van der Waals surface area contributed by atoms with Crippen molar-refractivity contribution in [1.82, 2.24) is 5.32 Å². The molecule has 2 atom stereocenters. The minimum Gasteiger partial charge on any atom is -0.497 e. The third-order valence-corrected chi connectivity index (χ3v) is 3.26. The van der Waals surface area contributed by atoms with Gasteiger partial charge in [0.25, 0.3) is 0 Å². The monoisotopic (exact) mass is 225 g/mol. The van der Waals surface area contributed by atoms with E-state index in [-0.39, 0.29) is 0 Å². The van der Waals surface area contributed by atoms with E-state index in [1.807, 2.05) is 12.1 Å². The summed E-state index contributed by atoms with van der Waals surface area (Å²) in [6.45, 7) is 3.33. The average Bonchev–Trinajstić information content (AvgIpc) is 2.64. The van der Waals surface area contributed by atoms with Gasteiger partial charge in [-0.15, -0.1) is 0 Å². The molecule has 1 aliphatic rings. The molecule has 0 aromatic heterocycles. The van der Waals surface area contributed by atoms with E-state index in [4.69, 9.17) is 16.3 Å². The highest BCUT2D eigenvalue weighted by molar-refractivity contribution is 6.31. The Morgan fingerprint density at radius 2 is 2.27 bits per heavy atom. The number of ether oxygens (including phenoxy) is 1. The molecule has 1 heterocycles. The Labute approximate surface area is 95.6 Å². The Morgan fingerprint density at radius 1 is 1.47 bits per heavy atom. The van der Waals surface area contributed by atoms with Crippen LogP contribution < -0.4 is 10.1 Å². The van der Waals surface area contributed by atoms with Crippen molar-refractivity contribution in [1.29, 1.82) is 0 Å². The van der Waals surface area contributed by atoms with Gasteiger partial charge in [0.05, 0.1) is 7.11 Å². The maximum atomic E-state index is 6.22. The molecule has 82 valence electrons. The van der Waals surface area contributed by atoms with Crippen LogP contribution in [0.4, 0.5) is 0 Å². The van der Waals surface area contributed by atoms with E-state index in [0.29, 0.717) is 6.04 Å². The molecule has 1 aromatic carbocycles. The summed E-state index contributed by atoms with van der Waals surface area (Å²) < 4.78 is 5.13. The average molecular weight is 226 g/mol. The molecule has 0 radical (unpaired) electrons. The molecule has 1 N–H and O–H groups in total. The van der Waals surface area contributed by atoms with Crippen LogP contribution >= 0.6 is 11.6 Å². The molecule has 0 spiro atoms. The standard InChI is InChI=1S/C12H16ClNO/c1-8-5-12(14-7-8)10-4-3-9(15-2)6-11(10)13/h3-4,6,8,12,14H,5,7H2,1-2H3. The number of hydrogen-bond donors (Lipinski definition) is 1. The van der Waals surface area contributed by atoms with Crippen molar-refractivity contribution < 1.29 is 4.74 Å². The van der Waals surface area contributed by atoms with Crippen LogP contribution in [0.15, 0.2) is 18.2 Å². The van der Waals surface area contributed by atoms with Crippen molar-refractivity contribution in [2.75, 3.05) is 13.7 Å². The highest BCUT2D eigenvalue weighted by Gasteiger charge is 2.23. The summed E-state index contributed by atoms with van der Waals surface area (Å²) in [5, 5.41) is 4.27. The second-order valence-corrected chi connectivity index (χ2v) is 4.60. The molecule has 15 heavy (non-hydrogen) atoms. The van der Waals surface area contributed by atoms with Crippen molar-refractivity contribution in [3.05, 3.63) is 28.8 Å². The quantitative estimate of drug-likeness (QED) is 0.836. The number of rotatable bonds is 2. The van der Waals surface area contributed by atoms with E-state index in [9.17, 15) is 0 Å². The van der Waals surface area contributed by atoms with E-state index in [1.165, 1.54) is 5.56 Å². The first-order valence-corrected chi connectivity index (χ1v) is 5.65. The molecule has 3 heteroatoms. The predicted octanol–water partition coefficient (Wildman–Crippen LogP) is 3.02. The Bertz CT molecular complexity index is 353. The first-order chi connectivity index (χ1) is 7.20. The maximum Gasteiger partial charge on any atom is 0.120 e. The molecular weight excluding hydrogens is 210 g/mol. The van der Waals surface area contributed by atoms with Gasteiger partial charge in [0, 0.05) is 11.1 Å². The fraction of sp³-hybridized carbons (Fsp3) is 0.500. The zero-order chi connectivity index (χ0) is 10.8. The van der Waals surface area contributed by atoms with Crippen LogP contribution in [0.2, 0.25) is 5.02 Å². The topological polar surface area (TPSA) is 21.3 Å². The van der Waals surface area contributed by atoms with Gasteiger partial charge in [-0.3, -0.25) is 0 Å². The smallest absolute Gasteiger partial charge is 0.120 e. The van der Waals surface area contributed by atoms with E-state index in [1.54, 1.807) is 7.11 Å². The summed E-state index contributed by atoms with van der Waals surface area (Å²) in [5.74, 6) is 1.54. The molecular formula is C12H16ClNO. The van der Waals surface area contributed by atoms with Crippen molar-refractivity contribution in [3.8, 4) is 5.75 Å². The molecule has 1 aliphatic heterocycles. The van der Waals surface area contributed by atoms with Gasteiger partial charge in [0.2, 0.25) is 0 Å². The zero-order valence-corrected chi connectivity index (χ0v) is 9.84. The van der Waals surface area contributed by atoms with Gasteiger partial charge in [0.15, 0.2) is 0 Å². The van der Waals surface area contributed by atoms with Crippen molar-refractivity contribution in [2.24, 2.45) is 5.92 Å². The van der Waals surface area contributed by atoms with E-state index in [2.05, 4.69) is 18.3 Å². The van der Waals surface area contributed by atoms with Gasteiger partial charge in [0.1, 0.15) is 5.75 Å². The fourth-order valence-corrected chi connectivity index (χ4v) is 2.37. The van der Waals surface area contributed by atoms with Crippen LogP contribution in [-0.4, -0.2) is 13.7 Å². The van der Waals surface area contributed by atoms with Crippen molar-refractivity contribution >= 4 is 11.6 Å². The first-order valence-electron chi connectivity index (χ1n) is 5.27. The molecule has 2 nitrogen and oxygen atoms in total. The Morgan fingerprint density at radius 3 is 2.80 bits per heavy atom. The number of methoxy groups -OCH3 is 1. The highest BCUT2D eigenvalue weighted by atomic mass is 35.5. The molecule has 0 amide bonds. The Balaban J connectivity index is 2.21. The molecule has 1 aromatic rings. The number of hydrogen-bond acceptors (Lipinski definition) is 2. The third-order valence-electron chi connectivity index (χ3n) is 2.93. The highest BCUT2D eigenvalue weighted by Crippen LogP contribution is 2.33. The first kappa shape index (κ1) is 10.8. The van der Waals surface area contributed by atoms with Crippen LogP contribution in [-0.2, 0) is 0 Å².